The minimum absolute atomic E-state index is 0.517. The van der Waals surface area contributed by atoms with Crippen molar-refractivity contribution >= 4 is 0 Å². The van der Waals surface area contributed by atoms with E-state index in [1.807, 2.05) is 0 Å². The van der Waals surface area contributed by atoms with Crippen molar-refractivity contribution in [3.05, 3.63) is 29.6 Å². The predicted octanol–water partition coefficient (Wildman–Crippen LogP) is 3.43. The Morgan fingerprint density at radius 3 is 2.79 bits per heavy atom. The van der Waals surface area contributed by atoms with E-state index in [0.717, 1.165) is 6.04 Å². The van der Waals surface area contributed by atoms with Crippen LogP contribution in [-0.2, 0) is 0 Å². The van der Waals surface area contributed by atoms with Gasteiger partial charge in [0.05, 0.1) is 5.69 Å². The molecule has 0 amide bonds. The van der Waals surface area contributed by atoms with Gasteiger partial charge < -0.3 is 0 Å². The van der Waals surface area contributed by atoms with Gasteiger partial charge in [0.25, 0.3) is 0 Å². The molecule has 0 radical (unpaired) electrons. The maximum absolute atomic E-state index is 4.46. The Labute approximate surface area is 116 Å². The highest BCUT2D eigenvalue weighted by molar-refractivity contribution is 5.17. The van der Waals surface area contributed by atoms with Crippen LogP contribution in [0.1, 0.15) is 62.8 Å². The molecule has 2 heterocycles. The zero-order chi connectivity index (χ0) is 13.2. The molecule has 1 aliphatic carbocycles. The van der Waals surface area contributed by atoms with Crippen LogP contribution in [0.4, 0.5) is 0 Å². The summed E-state index contributed by atoms with van der Waals surface area (Å²) >= 11 is 0. The number of aromatic amines is 1. The van der Waals surface area contributed by atoms with Crippen molar-refractivity contribution in [2.75, 3.05) is 13.1 Å². The molecule has 0 aromatic carbocycles. The molecule has 1 aliphatic heterocycles. The highest BCUT2D eigenvalue weighted by Crippen LogP contribution is 2.30. The lowest BCUT2D eigenvalue weighted by atomic mass is 9.92. The van der Waals surface area contributed by atoms with Crippen LogP contribution in [0.25, 0.3) is 0 Å². The fourth-order valence-electron chi connectivity index (χ4n) is 3.35. The average Bonchev–Trinajstić information content (AvgIpc) is 3.10. The van der Waals surface area contributed by atoms with Crippen molar-refractivity contribution in [3.63, 3.8) is 0 Å². The predicted molar refractivity (Wildman–Crippen MR) is 78.4 cm³/mol. The van der Waals surface area contributed by atoms with Gasteiger partial charge in [-0.3, -0.25) is 10.00 Å². The maximum Gasteiger partial charge on any atom is 0.0650 e. The van der Waals surface area contributed by atoms with E-state index >= 15 is 0 Å². The zero-order valence-corrected chi connectivity index (χ0v) is 12.1. The number of H-pyrrole nitrogens is 1. The Morgan fingerprint density at radius 2 is 2.11 bits per heavy atom. The van der Waals surface area contributed by atoms with E-state index in [9.17, 15) is 0 Å². The van der Waals surface area contributed by atoms with Crippen molar-refractivity contribution in [1.29, 1.82) is 0 Å². The standard InChI is InChI=1S/C16H25N3/c1-12(2)15-10-16(18-17-15)13-6-5-9-19(11-13)14-7-3-4-8-14/h3-4,10,12-14H,5-9,11H2,1-2H3,(H,17,18). The third-order valence-electron chi connectivity index (χ3n) is 4.60. The van der Waals surface area contributed by atoms with E-state index in [4.69, 9.17) is 0 Å². The molecule has 1 fully saturated rings. The average molecular weight is 259 g/mol. The SMILES string of the molecule is CC(C)c1cc(C2CCCN(C3CC=CC3)C2)[nH]n1. The lowest BCUT2D eigenvalue weighted by molar-refractivity contribution is 0.152. The second-order valence-electron chi connectivity index (χ2n) is 6.33. The van der Waals surface area contributed by atoms with Gasteiger partial charge in [0, 0.05) is 24.2 Å². The molecule has 1 atom stereocenters. The molecule has 0 spiro atoms. The summed E-state index contributed by atoms with van der Waals surface area (Å²) in [5, 5.41) is 7.73. The highest BCUT2D eigenvalue weighted by atomic mass is 15.2. The molecular formula is C16H25N3. The molecule has 0 saturated carbocycles. The quantitative estimate of drug-likeness (QED) is 0.843. The minimum atomic E-state index is 0.517. The summed E-state index contributed by atoms with van der Waals surface area (Å²) in [7, 11) is 0. The summed E-state index contributed by atoms with van der Waals surface area (Å²) in [5.74, 6) is 1.16. The number of nitrogens with one attached hydrogen (secondary N) is 1. The molecule has 1 N–H and O–H groups in total. The van der Waals surface area contributed by atoms with Gasteiger partial charge in [-0.2, -0.15) is 5.10 Å². The maximum atomic E-state index is 4.46. The van der Waals surface area contributed by atoms with Crippen molar-refractivity contribution in [1.82, 2.24) is 15.1 Å². The topological polar surface area (TPSA) is 31.9 Å². The van der Waals surface area contributed by atoms with E-state index in [0.29, 0.717) is 11.8 Å². The van der Waals surface area contributed by atoms with Crippen LogP contribution in [-0.4, -0.2) is 34.2 Å². The van der Waals surface area contributed by atoms with E-state index < -0.39 is 0 Å². The Bertz CT molecular complexity index is 439. The first-order valence-electron chi connectivity index (χ1n) is 7.68. The third kappa shape index (κ3) is 2.76. The van der Waals surface area contributed by atoms with Gasteiger partial charge in [-0.25, -0.2) is 0 Å². The van der Waals surface area contributed by atoms with Gasteiger partial charge in [-0.1, -0.05) is 26.0 Å². The summed E-state index contributed by atoms with van der Waals surface area (Å²) in [6, 6.07) is 3.04. The Hall–Kier alpha value is -1.09. The molecule has 3 rings (SSSR count). The van der Waals surface area contributed by atoms with Crippen LogP contribution in [0.3, 0.4) is 0 Å². The summed E-state index contributed by atoms with van der Waals surface area (Å²) in [5.41, 5.74) is 2.55. The Kier molecular flexibility index (Phi) is 3.74. The monoisotopic (exact) mass is 259 g/mol. The molecule has 104 valence electrons. The molecule has 0 bridgehead atoms. The van der Waals surface area contributed by atoms with Gasteiger partial charge in [0.1, 0.15) is 0 Å². The molecule has 1 unspecified atom stereocenters. The van der Waals surface area contributed by atoms with Crippen LogP contribution in [0, 0.1) is 0 Å². The van der Waals surface area contributed by atoms with Crippen molar-refractivity contribution in [3.8, 4) is 0 Å². The van der Waals surface area contributed by atoms with E-state index in [1.165, 1.54) is 50.2 Å². The first kappa shape index (κ1) is 12.9. The smallest absolute Gasteiger partial charge is 0.0650 e. The van der Waals surface area contributed by atoms with Crippen LogP contribution >= 0.6 is 0 Å². The molecule has 1 aromatic heterocycles. The number of aromatic nitrogens is 2. The molecule has 19 heavy (non-hydrogen) atoms. The summed E-state index contributed by atoms with van der Waals surface area (Å²) in [6.45, 7) is 6.88. The summed E-state index contributed by atoms with van der Waals surface area (Å²) in [6.07, 6.45) is 9.77. The Balaban J connectivity index is 1.66. The Morgan fingerprint density at radius 1 is 1.32 bits per heavy atom. The summed E-state index contributed by atoms with van der Waals surface area (Å²) < 4.78 is 0. The second kappa shape index (κ2) is 5.49. The van der Waals surface area contributed by atoms with Crippen LogP contribution < -0.4 is 0 Å². The molecule has 2 aliphatic rings. The van der Waals surface area contributed by atoms with Gasteiger partial charge >= 0.3 is 0 Å². The normalized spacial score (nSPS) is 25.5. The number of piperidine rings is 1. The first-order chi connectivity index (χ1) is 9.24. The molecule has 1 aromatic rings. The van der Waals surface area contributed by atoms with Gasteiger partial charge in [0.15, 0.2) is 0 Å². The van der Waals surface area contributed by atoms with E-state index in [-0.39, 0.29) is 0 Å². The lowest BCUT2D eigenvalue weighted by Gasteiger charge is -2.36. The second-order valence-corrected chi connectivity index (χ2v) is 6.33. The van der Waals surface area contributed by atoms with Crippen molar-refractivity contribution in [2.45, 2.75) is 57.4 Å². The summed E-state index contributed by atoms with van der Waals surface area (Å²) in [4.78, 5) is 2.68. The van der Waals surface area contributed by atoms with E-state index in [2.05, 4.69) is 47.2 Å². The molecular weight excluding hydrogens is 234 g/mol. The van der Waals surface area contributed by atoms with Crippen molar-refractivity contribution in [2.24, 2.45) is 0 Å². The number of nitrogens with zero attached hydrogens (tertiary/aromatic N) is 2. The largest absolute Gasteiger partial charge is 0.299 e. The molecule has 1 saturated heterocycles. The van der Waals surface area contributed by atoms with E-state index in [1.54, 1.807) is 0 Å². The highest BCUT2D eigenvalue weighted by Gasteiger charge is 2.28. The fourth-order valence-corrected chi connectivity index (χ4v) is 3.35. The minimum Gasteiger partial charge on any atom is -0.299 e. The number of likely N-dealkylation sites (tertiary alicyclic amines) is 1. The van der Waals surface area contributed by atoms with Gasteiger partial charge in [-0.05, 0) is 44.2 Å². The number of rotatable bonds is 3. The lowest BCUT2D eigenvalue weighted by Crippen LogP contribution is -2.40. The number of hydrogen-bond acceptors (Lipinski definition) is 2. The fraction of sp³-hybridized carbons (Fsp3) is 0.688. The van der Waals surface area contributed by atoms with Crippen LogP contribution in [0.2, 0.25) is 0 Å². The molecule has 3 heteroatoms. The van der Waals surface area contributed by atoms with Crippen LogP contribution in [0.5, 0.6) is 0 Å². The zero-order valence-electron chi connectivity index (χ0n) is 12.1. The molecule has 3 nitrogen and oxygen atoms in total. The number of hydrogen-bond donors (Lipinski definition) is 1. The first-order valence-corrected chi connectivity index (χ1v) is 7.68. The van der Waals surface area contributed by atoms with Gasteiger partial charge in [0.2, 0.25) is 0 Å². The van der Waals surface area contributed by atoms with Crippen molar-refractivity contribution < 1.29 is 0 Å². The third-order valence-corrected chi connectivity index (χ3v) is 4.60. The van der Waals surface area contributed by atoms with Gasteiger partial charge in [-0.15, -0.1) is 0 Å². The van der Waals surface area contributed by atoms with Crippen LogP contribution in [0.15, 0.2) is 18.2 Å².